The van der Waals surface area contributed by atoms with Gasteiger partial charge in [-0.3, -0.25) is 9.59 Å². The second kappa shape index (κ2) is 8.31. The quantitative estimate of drug-likeness (QED) is 0.674. The number of rotatable bonds is 5. The van der Waals surface area contributed by atoms with Crippen molar-refractivity contribution in [2.24, 2.45) is 11.1 Å². The third-order valence-electron chi connectivity index (χ3n) is 2.01. The fourth-order valence-corrected chi connectivity index (χ4v) is 0.927. The van der Waals surface area contributed by atoms with Crippen molar-refractivity contribution >= 4 is 24.2 Å². The van der Waals surface area contributed by atoms with Crippen molar-refractivity contribution in [2.45, 2.75) is 40.2 Å². The van der Waals surface area contributed by atoms with E-state index in [1.165, 1.54) is 0 Å². The Balaban J connectivity index is 0. The predicted octanol–water partition coefficient (Wildman–Crippen LogP) is 0.424. The Kier molecular flexibility index (Phi) is 9.06. The summed E-state index contributed by atoms with van der Waals surface area (Å²) in [6, 6.07) is 0.0736. The maximum absolute atomic E-state index is 11.4. The molecule has 0 fully saturated rings. The van der Waals surface area contributed by atoms with Gasteiger partial charge in [0, 0.05) is 18.0 Å². The molecule has 102 valence electrons. The maximum Gasteiger partial charge on any atom is 0.239 e. The number of carbonyl (C=O) groups excluding carboxylic acids is 2. The van der Waals surface area contributed by atoms with E-state index in [1.54, 1.807) is 20.8 Å². The minimum absolute atomic E-state index is 0. The molecule has 0 spiro atoms. The van der Waals surface area contributed by atoms with Crippen LogP contribution < -0.4 is 16.4 Å². The van der Waals surface area contributed by atoms with Crippen molar-refractivity contribution < 1.29 is 9.59 Å². The van der Waals surface area contributed by atoms with Crippen LogP contribution in [0.2, 0.25) is 0 Å². The van der Waals surface area contributed by atoms with E-state index in [-0.39, 0.29) is 36.8 Å². The smallest absolute Gasteiger partial charge is 0.239 e. The highest BCUT2D eigenvalue weighted by Crippen LogP contribution is 2.11. The van der Waals surface area contributed by atoms with Gasteiger partial charge < -0.3 is 16.4 Å². The Bertz CT molecular complexity index is 250. The monoisotopic (exact) mass is 265 g/mol. The number of hydrogen-bond acceptors (Lipinski definition) is 3. The molecule has 1 atom stereocenters. The number of hydrogen-bond donors (Lipinski definition) is 3. The first-order chi connectivity index (χ1) is 7.23. The lowest BCUT2D eigenvalue weighted by Gasteiger charge is -2.17. The molecule has 0 heterocycles. The van der Waals surface area contributed by atoms with E-state index in [0.717, 1.165) is 6.42 Å². The van der Waals surface area contributed by atoms with Gasteiger partial charge in [-0.2, -0.15) is 0 Å². The highest BCUT2D eigenvalue weighted by Gasteiger charge is 2.21. The van der Waals surface area contributed by atoms with Crippen LogP contribution in [0.25, 0.3) is 0 Å². The summed E-state index contributed by atoms with van der Waals surface area (Å²) < 4.78 is 0. The van der Waals surface area contributed by atoms with Crippen LogP contribution in [0.1, 0.15) is 34.1 Å². The van der Waals surface area contributed by atoms with Gasteiger partial charge in [-0.25, -0.2) is 0 Å². The molecule has 0 aromatic heterocycles. The first-order valence-electron chi connectivity index (χ1n) is 5.54. The third kappa shape index (κ3) is 10.1. The van der Waals surface area contributed by atoms with E-state index in [4.69, 9.17) is 5.73 Å². The molecule has 2 amide bonds. The van der Waals surface area contributed by atoms with Crippen LogP contribution in [0.5, 0.6) is 0 Å². The van der Waals surface area contributed by atoms with Gasteiger partial charge in [-0.05, 0) is 13.3 Å². The molecular weight excluding hydrogens is 242 g/mol. The molecule has 0 aliphatic heterocycles. The molecule has 6 heteroatoms. The largest absolute Gasteiger partial charge is 0.355 e. The molecule has 0 aliphatic rings. The van der Waals surface area contributed by atoms with Crippen LogP contribution in [0.15, 0.2) is 0 Å². The molecule has 0 saturated carbocycles. The zero-order valence-electron chi connectivity index (χ0n) is 11.0. The zero-order chi connectivity index (χ0) is 12.8. The van der Waals surface area contributed by atoms with E-state index in [2.05, 4.69) is 10.6 Å². The van der Waals surface area contributed by atoms with Gasteiger partial charge in [-0.1, -0.05) is 20.8 Å². The fourth-order valence-electron chi connectivity index (χ4n) is 0.927. The summed E-state index contributed by atoms with van der Waals surface area (Å²) in [5.41, 5.74) is 5.07. The van der Waals surface area contributed by atoms with Gasteiger partial charge in [0.2, 0.25) is 11.8 Å². The van der Waals surface area contributed by atoms with Crippen molar-refractivity contribution in [3.8, 4) is 0 Å². The van der Waals surface area contributed by atoms with Crippen LogP contribution in [-0.2, 0) is 9.59 Å². The first kappa shape index (κ1) is 18.6. The minimum Gasteiger partial charge on any atom is -0.355 e. The van der Waals surface area contributed by atoms with Gasteiger partial charge >= 0.3 is 0 Å². The van der Waals surface area contributed by atoms with E-state index in [0.29, 0.717) is 6.54 Å². The Morgan fingerprint density at radius 3 is 2.18 bits per heavy atom. The molecular formula is C11H24ClN3O2. The minimum atomic E-state index is -0.466. The topological polar surface area (TPSA) is 84.2 Å². The summed E-state index contributed by atoms with van der Waals surface area (Å²) in [5, 5.41) is 5.27. The van der Waals surface area contributed by atoms with Crippen LogP contribution in [0.4, 0.5) is 0 Å². The normalized spacial score (nSPS) is 12.3. The van der Waals surface area contributed by atoms with Crippen LogP contribution in [0.3, 0.4) is 0 Å². The Labute approximate surface area is 109 Å². The molecule has 0 aliphatic carbocycles. The highest BCUT2D eigenvalue weighted by atomic mass is 35.5. The molecule has 4 N–H and O–H groups in total. The summed E-state index contributed by atoms with van der Waals surface area (Å²) >= 11 is 0. The van der Waals surface area contributed by atoms with Crippen LogP contribution in [-0.4, -0.2) is 30.9 Å². The molecule has 5 nitrogen and oxygen atoms in total. The van der Waals surface area contributed by atoms with Gasteiger partial charge in [0.05, 0.1) is 6.54 Å². The second-order valence-electron chi connectivity index (χ2n) is 5.05. The van der Waals surface area contributed by atoms with Crippen molar-refractivity contribution in [3.63, 3.8) is 0 Å². The number of carbonyl (C=O) groups is 2. The second-order valence-corrected chi connectivity index (χ2v) is 5.05. The fraction of sp³-hybridized carbons (Fsp3) is 0.818. The Morgan fingerprint density at radius 1 is 1.24 bits per heavy atom. The van der Waals surface area contributed by atoms with Crippen molar-refractivity contribution in [1.29, 1.82) is 0 Å². The number of nitrogens with two attached hydrogens (primary N) is 1. The Morgan fingerprint density at radius 2 is 1.76 bits per heavy atom. The summed E-state index contributed by atoms with van der Waals surface area (Å²) in [7, 11) is 0. The molecule has 1 unspecified atom stereocenters. The predicted molar refractivity (Wildman–Crippen MR) is 71.0 cm³/mol. The number of amides is 2. The summed E-state index contributed by atoms with van der Waals surface area (Å²) in [6.45, 7) is 7.85. The lowest BCUT2D eigenvalue weighted by atomic mass is 9.96. The van der Waals surface area contributed by atoms with E-state index >= 15 is 0 Å². The van der Waals surface area contributed by atoms with Gasteiger partial charge in [0.1, 0.15) is 0 Å². The van der Waals surface area contributed by atoms with E-state index in [1.807, 2.05) is 6.92 Å². The van der Waals surface area contributed by atoms with Crippen LogP contribution in [0, 0.1) is 5.41 Å². The lowest BCUT2D eigenvalue weighted by Crippen LogP contribution is -2.42. The summed E-state index contributed by atoms with van der Waals surface area (Å²) in [5.74, 6) is -0.312. The molecule has 0 bridgehead atoms. The first-order valence-corrected chi connectivity index (χ1v) is 5.54. The zero-order valence-corrected chi connectivity index (χ0v) is 11.8. The SMILES string of the molecule is CC(N)CCNC(=O)CNC(=O)C(C)(C)C.Cl. The van der Waals surface area contributed by atoms with Gasteiger partial charge in [-0.15, -0.1) is 12.4 Å². The average Bonchev–Trinajstić information content (AvgIpc) is 2.11. The molecule has 17 heavy (non-hydrogen) atoms. The molecule has 0 aromatic carbocycles. The standard InChI is InChI=1S/C11H23N3O2.ClH/c1-8(12)5-6-13-9(15)7-14-10(16)11(2,3)4;/h8H,5-7,12H2,1-4H3,(H,13,15)(H,14,16);1H. The summed E-state index contributed by atoms with van der Waals surface area (Å²) in [4.78, 5) is 22.7. The van der Waals surface area contributed by atoms with E-state index < -0.39 is 5.41 Å². The molecule has 0 radical (unpaired) electrons. The Hall–Kier alpha value is -0.810. The number of halogens is 1. The van der Waals surface area contributed by atoms with Crippen LogP contribution >= 0.6 is 12.4 Å². The van der Waals surface area contributed by atoms with Gasteiger partial charge in [0.25, 0.3) is 0 Å². The lowest BCUT2D eigenvalue weighted by molar-refractivity contribution is -0.131. The van der Waals surface area contributed by atoms with Gasteiger partial charge in [0.15, 0.2) is 0 Å². The third-order valence-corrected chi connectivity index (χ3v) is 2.01. The molecule has 0 aromatic rings. The van der Waals surface area contributed by atoms with Crippen molar-refractivity contribution in [3.05, 3.63) is 0 Å². The molecule has 0 rings (SSSR count). The molecule has 0 saturated heterocycles. The average molecular weight is 266 g/mol. The summed E-state index contributed by atoms with van der Waals surface area (Å²) in [6.07, 6.45) is 0.735. The maximum atomic E-state index is 11.4. The van der Waals surface area contributed by atoms with Crippen molar-refractivity contribution in [2.75, 3.05) is 13.1 Å². The van der Waals surface area contributed by atoms with E-state index in [9.17, 15) is 9.59 Å². The highest BCUT2D eigenvalue weighted by molar-refractivity contribution is 5.87. The number of nitrogens with one attached hydrogen (secondary N) is 2. The van der Waals surface area contributed by atoms with Crippen molar-refractivity contribution in [1.82, 2.24) is 10.6 Å².